The smallest absolute Gasteiger partial charge is 0.196 e. The molecule has 92 valence electrons. The van der Waals surface area contributed by atoms with E-state index in [2.05, 4.69) is 0 Å². The monoisotopic (exact) mass is 246 g/mol. The van der Waals surface area contributed by atoms with Crippen molar-refractivity contribution in [1.82, 2.24) is 0 Å². The van der Waals surface area contributed by atoms with Gasteiger partial charge in [0.1, 0.15) is 11.6 Å². The summed E-state index contributed by atoms with van der Waals surface area (Å²) in [6, 6.07) is 8.29. The van der Waals surface area contributed by atoms with E-state index in [1.165, 1.54) is 30.3 Å². The van der Waals surface area contributed by atoms with Crippen LogP contribution in [0.2, 0.25) is 0 Å². The molecule has 0 saturated carbocycles. The summed E-state index contributed by atoms with van der Waals surface area (Å²) in [7, 11) is 0. The summed E-state index contributed by atoms with van der Waals surface area (Å²) in [6.07, 6.45) is 0. The molecular weight excluding hydrogens is 234 g/mol. The normalized spacial score (nSPS) is 10.4. The second-order valence-corrected chi connectivity index (χ2v) is 4.27. The van der Waals surface area contributed by atoms with Crippen LogP contribution < -0.4 is 0 Å². The van der Waals surface area contributed by atoms with Crippen LogP contribution in [0.1, 0.15) is 27.0 Å². The van der Waals surface area contributed by atoms with E-state index in [4.69, 9.17) is 0 Å². The first-order valence-electron chi connectivity index (χ1n) is 5.56. The molecule has 0 heterocycles. The summed E-state index contributed by atoms with van der Waals surface area (Å²) in [6.45, 7) is 3.38. The third kappa shape index (κ3) is 2.30. The van der Waals surface area contributed by atoms with Gasteiger partial charge in [0.2, 0.25) is 0 Å². The molecule has 0 aromatic heterocycles. The van der Waals surface area contributed by atoms with Crippen molar-refractivity contribution in [1.29, 1.82) is 0 Å². The standard InChI is InChI=1S/C15H12F2O/c1-9-3-5-13(14(17)7-9)15(18)12-6-4-11(16)8-10(12)2/h3-8H,1-2H3. The van der Waals surface area contributed by atoms with Gasteiger partial charge in [0.05, 0.1) is 5.56 Å². The summed E-state index contributed by atoms with van der Waals surface area (Å²) in [5.41, 5.74) is 1.58. The molecule has 0 aliphatic heterocycles. The molecule has 3 heteroatoms. The van der Waals surface area contributed by atoms with Gasteiger partial charge in [0, 0.05) is 5.56 Å². The highest BCUT2D eigenvalue weighted by Crippen LogP contribution is 2.18. The van der Waals surface area contributed by atoms with Crippen LogP contribution in [0.4, 0.5) is 8.78 Å². The zero-order chi connectivity index (χ0) is 13.3. The SMILES string of the molecule is Cc1ccc(C(=O)c2ccc(F)cc2C)c(F)c1. The molecule has 2 rings (SSSR count). The maximum absolute atomic E-state index is 13.7. The average Bonchev–Trinajstić information content (AvgIpc) is 2.28. The van der Waals surface area contributed by atoms with Gasteiger partial charge in [-0.15, -0.1) is 0 Å². The van der Waals surface area contributed by atoms with Gasteiger partial charge in [0.25, 0.3) is 0 Å². The first-order valence-corrected chi connectivity index (χ1v) is 5.56. The Morgan fingerprint density at radius 2 is 1.61 bits per heavy atom. The summed E-state index contributed by atoms with van der Waals surface area (Å²) < 4.78 is 26.7. The molecule has 0 atom stereocenters. The molecule has 1 nitrogen and oxygen atoms in total. The number of rotatable bonds is 2. The number of halogens is 2. The largest absolute Gasteiger partial charge is 0.288 e. The molecular formula is C15H12F2O. The summed E-state index contributed by atoms with van der Waals surface area (Å²) in [5.74, 6) is -1.39. The molecule has 2 aromatic rings. The fourth-order valence-electron chi connectivity index (χ4n) is 1.83. The van der Waals surface area contributed by atoms with Gasteiger partial charge in [0.15, 0.2) is 5.78 Å². The molecule has 0 radical (unpaired) electrons. The van der Waals surface area contributed by atoms with E-state index in [1.807, 2.05) is 0 Å². The molecule has 0 spiro atoms. The van der Waals surface area contributed by atoms with Gasteiger partial charge in [-0.2, -0.15) is 0 Å². The fraction of sp³-hybridized carbons (Fsp3) is 0.133. The number of hydrogen-bond acceptors (Lipinski definition) is 1. The van der Waals surface area contributed by atoms with E-state index < -0.39 is 17.4 Å². The van der Waals surface area contributed by atoms with Gasteiger partial charge in [-0.25, -0.2) is 8.78 Å². The van der Waals surface area contributed by atoms with Crippen molar-refractivity contribution >= 4 is 5.78 Å². The van der Waals surface area contributed by atoms with E-state index in [-0.39, 0.29) is 5.56 Å². The Morgan fingerprint density at radius 1 is 0.944 bits per heavy atom. The Hall–Kier alpha value is -2.03. The molecule has 2 aromatic carbocycles. The third-order valence-corrected chi connectivity index (χ3v) is 2.80. The summed E-state index contributed by atoms with van der Waals surface area (Å²) in [4.78, 5) is 12.1. The van der Waals surface area contributed by atoms with Crippen molar-refractivity contribution in [3.8, 4) is 0 Å². The van der Waals surface area contributed by atoms with Crippen LogP contribution in [-0.2, 0) is 0 Å². The lowest BCUT2D eigenvalue weighted by molar-refractivity contribution is 0.103. The zero-order valence-electron chi connectivity index (χ0n) is 10.1. The van der Waals surface area contributed by atoms with Gasteiger partial charge in [-0.05, 0) is 55.3 Å². The first kappa shape index (κ1) is 12.4. The van der Waals surface area contributed by atoms with Crippen LogP contribution in [0.15, 0.2) is 36.4 Å². The Morgan fingerprint density at radius 3 is 2.22 bits per heavy atom. The maximum Gasteiger partial charge on any atom is 0.196 e. The van der Waals surface area contributed by atoms with Crippen LogP contribution in [0.25, 0.3) is 0 Å². The predicted molar refractivity (Wildman–Crippen MR) is 65.7 cm³/mol. The van der Waals surface area contributed by atoms with Gasteiger partial charge >= 0.3 is 0 Å². The number of carbonyl (C=O) groups excluding carboxylic acids is 1. The van der Waals surface area contributed by atoms with Crippen molar-refractivity contribution in [3.63, 3.8) is 0 Å². The van der Waals surface area contributed by atoms with Crippen LogP contribution in [0.3, 0.4) is 0 Å². The lowest BCUT2D eigenvalue weighted by atomic mass is 9.98. The number of benzene rings is 2. The molecule has 0 saturated heterocycles. The molecule has 0 aliphatic carbocycles. The molecule has 0 unspecified atom stereocenters. The summed E-state index contributed by atoms with van der Waals surface area (Å²) >= 11 is 0. The Labute approximate surface area is 104 Å². The van der Waals surface area contributed by atoms with E-state index in [1.54, 1.807) is 19.9 Å². The molecule has 0 bridgehead atoms. The zero-order valence-corrected chi connectivity index (χ0v) is 10.1. The number of ketones is 1. The number of hydrogen-bond donors (Lipinski definition) is 0. The molecule has 0 amide bonds. The van der Waals surface area contributed by atoms with Crippen LogP contribution in [0.5, 0.6) is 0 Å². The maximum atomic E-state index is 13.7. The van der Waals surface area contributed by atoms with E-state index >= 15 is 0 Å². The second kappa shape index (κ2) is 4.69. The quantitative estimate of drug-likeness (QED) is 0.736. The van der Waals surface area contributed by atoms with Crippen molar-refractivity contribution in [3.05, 3.63) is 70.3 Å². The van der Waals surface area contributed by atoms with Crippen molar-refractivity contribution in [2.75, 3.05) is 0 Å². The Balaban J connectivity index is 2.48. The van der Waals surface area contributed by atoms with Crippen LogP contribution in [-0.4, -0.2) is 5.78 Å². The van der Waals surface area contributed by atoms with E-state index in [0.717, 1.165) is 5.56 Å². The highest BCUT2D eigenvalue weighted by molar-refractivity contribution is 6.10. The molecule has 0 aliphatic rings. The molecule has 0 N–H and O–H groups in total. The highest BCUT2D eigenvalue weighted by atomic mass is 19.1. The first-order chi connectivity index (χ1) is 8.49. The van der Waals surface area contributed by atoms with Gasteiger partial charge in [-0.1, -0.05) is 6.07 Å². The van der Waals surface area contributed by atoms with Gasteiger partial charge < -0.3 is 0 Å². The minimum Gasteiger partial charge on any atom is -0.288 e. The van der Waals surface area contributed by atoms with E-state index in [0.29, 0.717) is 11.1 Å². The van der Waals surface area contributed by atoms with Gasteiger partial charge in [-0.3, -0.25) is 4.79 Å². The lowest BCUT2D eigenvalue weighted by Gasteiger charge is -2.06. The number of carbonyl (C=O) groups is 1. The number of aryl methyl sites for hydroxylation is 2. The van der Waals surface area contributed by atoms with Crippen LogP contribution in [0, 0.1) is 25.5 Å². The van der Waals surface area contributed by atoms with Crippen molar-refractivity contribution in [2.24, 2.45) is 0 Å². The fourth-order valence-corrected chi connectivity index (χ4v) is 1.83. The summed E-state index contributed by atoms with van der Waals surface area (Å²) in [5, 5.41) is 0. The van der Waals surface area contributed by atoms with E-state index in [9.17, 15) is 13.6 Å². The molecule has 0 fully saturated rings. The average molecular weight is 246 g/mol. The van der Waals surface area contributed by atoms with Crippen LogP contribution >= 0.6 is 0 Å². The highest BCUT2D eigenvalue weighted by Gasteiger charge is 2.16. The Bertz CT molecular complexity index is 564. The predicted octanol–water partition coefficient (Wildman–Crippen LogP) is 3.81. The van der Waals surface area contributed by atoms with Crippen molar-refractivity contribution in [2.45, 2.75) is 13.8 Å². The molecule has 18 heavy (non-hydrogen) atoms. The minimum atomic E-state index is -0.552. The topological polar surface area (TPSA) is 17.1 Å². The minimum absolute atomic E-state index is 0.00954. The lowest BCUT2D eigenvalue weighted by Crippen LogP contribution is -2.06. The van der Waals surface area contributed by atoms with Crippen molar-refractivity contribution < 1.29 is 13.6 Å². The Kier molecular flexibility index (Phi) is 3.24. The third-order valence-electron chi connectivity index (χ3n) is 2.80. The second-order valence-electron chi connectivity index (χ2n) is 4.27.